The van der Waals surface area contributed by atoms with E-state index < -0.39 is 0 Å². The molecule has 2 N–H and O–H groups in total. The number of carbonyl (C=O) groups excluding carboxylic acids is 1. The summed E-state index contributed by atoms with van der Waals surface area (Å²) in [6, 6.07) is 5.53. The van der Waals surface area contributed by atoms with Crippen LogP contribution in [0.2, 0.25) is 0 Å². The lowest BCUT2D eigenvalue weighted by Crippen LogP contribution is -2.37. The lowest BCUT2D eigenvalue weighted by Gasteiger charge is -2.23. The Kier molecular flexibility index (Phi) is 2.76. The summed E-state index contributed by atoms with van der Waals surface area (Å²) in [6.45, 7) is 0.749. The second-order valence-corrected chi connectivity index (χ2v) is 4.62. The maximum Gasteiger partial charge on any atom is 0.256 e. The molecule has 94 valence electrons. The van der Waals surface area contributed by atoms with Crippen molar-refractivity contribution in [1.82, 2.24) is 15.1 Å². The minimum Gasteiger partial charge on any atom is -0.394 e. The van der Waals surface area contributed by atoms with E-state index in [-0.39, 0.29) is 18.6 Å². The van der Waals surface area contributed by atoms with Gasteiger partial charge in [0.15, 0.2) is 0 Å². The van der Waals surface area contributed by atoms with Crippen LogP contribution in [0.15, 0.2) is 24.4 Å². The predicted octanol–water partition coefficient (Wildman–Crippen LogP) is 1.16. The number of benzene rings is 1. The number of nitrogens with one attached hydrogen (secondary N) is 1. The summed E-state index contributed by atoms with van der Waals surface area (Å²) in [6.07, 6.45) is 3.54. The summed E-state index contributed by atoms with van der Waals surface area (Å²) < 4.78 is 0. The SMILES string of the molecule is O=C(c1cccc2cn[nH]c12)N1CCC[C@@H]1CO. The topological polar surface area (TPSA) is 69.2 Å². The van der Waals surface area contributed by atoms with Crippen LogP contribution in [0.1, 0.15) is 23.2 Å². The van der Waals surface area contributed by atoms with Crippen LogP contribution in [0, 0.1) is 0 Å². The lowest BCUT2D eigenvalue weighted by atomic mass is 10.1. The Bertz CT molecular complexity index is 578. The van der Waals surface area contributed by atoms with Gasteiger partial charge in [-0.15, -0.1) is 0 Å². The molecule has 18 heavy (non-hydrogen) atoms. The van der Waals surface area contributed by atoms with E-state index in [1.807, 2.05) is 12.1 Å². The number of H-pyrrole nitrogens is 1. The molecule has 1 aliphatic rings. The molecule has 0 saturated carbocycles. The number of nitrogens with zero attached hydrogens (tertiary/aromatic N) is 2. The monoisotopic (exact) mass is 245 g/mol. The molecule has 1 aromatic heterocycles. The van der Waals surface area contributed by atoms with Crippen LogP contribution in [0.5, 0.6) is 0 Å². The molecule has 1 amide bonds. The molecule has 1 aliphatic heterocycles. The number of carbonyl (C=O) groups is 1. The number of rotatable bonds is 2. The van der Waals surface area contributed by atoms with Gasteiger partial charge in [-0.1, -0.05) is 12.1 Å². The number of para-hydroxylation sites is 1. The van der Waals surface area contributed by atoms with E-state index in [1.165, 1.54) is 0 Å². The van der Waals surface area contributed by atoms with E-state index in [0.29, 0.717) is 12.1 Å². The third-order valence-corrected chi connectivity index (χ3v) is 3.56. The lowest BCUT2D eigenvalue weighted by molar-refractivity contribution is 0.0679. The van der Waals surface area contributed by atoms with E-state index >= 15 is 0 Å². The average Bonchev–Trinajstić information content (AvgIpc) is 3.05. The quantitative estimate of drug-likeness (QED) is 0.834. The highest BCUT2D eigenvalue weighted by atomic mass is 16.3. The zero-order chi connectivity index (χ0) is 12.5. The molecular formula is C13H15N3O2. The number of aliphatic hydroxyl groups is 1. The Morgan fingerprint density at radius 2 is 2.44 bits per heavy atom. The second kappa shape index (κ2) is 4.42. The number of fused-ring (bicyclic) bond motifs is 1. The molecular weight excluding hydrogens is 230 g/mol. The predicted molar refractivity (Wildman–Crippen MR) is 67.2 cm³/mol. The van der Waals surface area contributed by atoms with Crippen molar-refractivity contribution in [3.8, 4) is 0 Å². The molecule has 1 atom stereocenters. The Hall–Kier alpha value is -1.88. The fourth-order valence-corrected chi connectivity index (χ4v) is 2.59. The first-order valence-electron chi connectivity index (χ1n) is 6.15. The van der Waals surface area contributed by atoms with Crippen molar-refractivity contribution in [1.29, 1.82) is 0 Å². The van der Waals surface area contributed by atoms with Gasteiger partial charge < -0.3 is 10.0 Å². The average molecular weight is 245 g/mol. The molecule has 1 aromatic carbocycles. The fourth-order valence-electron chi connectivity index (χ4n) is 2.59. The maximum absolute atomic E-state index is 12.5. The van der Waals surface area contributed by atoms with Gasteiger partial charge in [0, 0.05) is 11.9 Å². The molecule has 1 fully saturated rings. The van der Waals surface area contributed by atoms with Crippen molar-refractivity contribution >= 4 is 16.8 Å². The van der Waals surface area contributed by atoms with Gasteiger partial charge in [0.25, 0.3) is 5.91 Å². The van der Waals surface area contributed by atoms with Crippen molar-refractivity contribution in [3.05, 3.63) is 30.0 Å². The van der Waals surface area contributed by atoms with Crippen LogP contribution in [0.25, 0.3) is 10.9 Å². The fraction of sp³-hybridized carbons (Fsp3) is 0.385. The first-order valence-corrected chi connectivity index (χ1v) is 6.15. The number of hydrogen-bond donors (Lipinski definition) is 2. The smallest absolute Gasteiger partial charge is 0.256 e. The van der Waals surface area contributed by atoms with Gasteiger partial charge in [0.1, 0.15) is 0 Å². The molecule has 0 radical (unpaired) electrons. The standard InChI is InChI=1S/C13H15N3O2/c17-8-10-4-2-6-16(10)13(18)11-5-1-3-9-7-14-15-12(9)11/h1,3,5,7,10,17H,2,4,6,8H2,(H,14,15)/t10-/m1/s1. The number of amides is 1. The summed E-state index contributed by atoms with van der Waals surface area (Å²) in [7, 11) is 0. The normalized spacial score (nSPS) is 19.6. The molecule has 0 bridgehead atoms. The molecule has 3 rings (SSSR count). The van der Waals surface area contributed by atoms with Gasteiger partial charge >= 0.3 is 0 Å². The molecule has 0 spiro atoms. The number of aliphatic hydroxyl groups excluding tert-OH is 1. The Morgan fingerprint density at radius 1 is 1.56 bits per heavy atom. The van der Waals surface area contributed by atoms with Crippen molar-refractivity contribution in [2.75, 3.05) is 13.2 Å². The first-order chi connectivity index (χ1) is 8.81. The van der Waals surface area contributed by atoms with Gasteiger partial charge in [0.2, 0.25) is 0 Å². The molecule has 5 heteroatoms. The van der Waals surface area contributed by atoms with Gasteiger partial charge in [-0.25, -0.2) is 0 Å². The van der Waals surface area contributed by atoms with Gasteiger partial charge in [-0.2, -0.15) is 5.10 Å². The second-order valence-electron chi connectivity index (χ2n) is 4.62. The van der Waals surface area contributed by atoms with E-state index in [9.17, 15) is 9.90 Å². The highest BCUT2D eigenvalue weighted by Gasteiger charge is 2.29. The third-order valence-electron chi connectivity index (χ3n) is 3.56. The molecule has 2 heterocycles. The number of hydrogen-bond acceptors (Lipinski definition) is 3. The Balaban J connectivity index is 1.99. The Labute approximate surface area is 104 Å². The van der Waals surface area contributed by atoms with Crippen LogP contribution in [-0.4, -0.2) is 45.3 Å². The highest BCUT2D eigenvalue weighted by molar-refractivity contribution is 6.05. The van der Waals surface area contributed by atoms with Crippen molar-refractivity contribution in [3.63, 3.8) is 0 Å². The number of aromatic nitrogens is 2. The summed E-state index contributed by atoms with van der Waals surface area (Å²) in [4.78, 5) is 14.3. The molecule has 2 aromatic rings. The minimum absolute atomic E-state index is 0.0265. The van der Waals surface area contributed by atoms with E-state index in [1.54, 1.807) is 17.2 Å². The zero-order valence-electron chi connectivity index (χ0n) is 9.97. The minimum atomic E-state index is -0.0457. The summed E-state index contributed by atoms with van der Waals surface area (Å²) in [5.74, 6) is -0.0265. The van der Waals surface area contributed by atoms with E-state index in [4.69, 9.17) is 0 Å². The summed E-state index contributed by atoms with van der Waals surface area (Å²) in [5.41, 5.74) is 1.40. The number of likely N-dealkylation sites (tertiary alicyclic amines) is 1. The van der Waals surface area contributed by atoms with Crippen LogP contribution in [0.4, 0.5) is 0 Å². The van der Waals surface area contributed by atoms with Gasteiger partial charge in [-0.05, 0) is 18.9 Å². The highest BCUT2D eigenvalue weighted by Crippen LogP contribution is 2.23. The van der Waals surface area contributed by atoms with Crippen LogP contribution in [0.3, 0.4) is 0 Å². The molecule has 0 aliphatic carbocycles. The molecule has 0 unspecified atom stereocenters. The third kappa shape index (κ3) is 1.67. The van der Waals surface area contributed by atoms with Gasteiger partial charge in [-0.3, -0.25) is 9.89 Å². The van der Waals surface area contributed by atoms with Crippen LogP contribution in [-0.2, 0) is 0 Å². The van der Waals surface area contributed by atoms with Crippen molar-refractivity contribution in [2.45, 2.75) is 18.9 Å². The van der Waals surface area contributed by atoms with Crippen molar-refractivity contribution < 1.29 is 9.90 Å². The summed E-state index contributed by atoms with van der Waals surface area (Å²) in [5, 5.41) is 17.1. The van der Waals surface area contributed by atoms with Crippen LogP contribution >= 0.6 is 0 Å². The molecule has 1 saturated heterocycles. The van der Waals surface area contributed by atoms with Crippen LogP contribution < -0.4 is 0 Å². The van der Waals surface area contributed by atoms with Crippen molar-refractivity contribution in [2.24, 2.45) is 0 Å². The number of aromatic amines is 1. The maximum atomic E-state index is 12.5. The first kappa shape index (κ1) is 11.2. The zero-order valence-corrected chi connectivity index (χ0v) is 9.97. The molecule has 5 nitrogen and oxygen atoms in total. The largest absolute Gasteiger partial charge is 0.394 e. The Morgan fingerprint density at radius 3 is 3.28 bits per heavy atom. The van der Waals surface area contributed by atoms with E-state index in [0.717, 1.165) is 23.7 Å². The van der Waals surface area contributed by atoms with E-state index in [2.05, 4.69) is 10.2 Å². The summed E-state index contributed by atoms with van der Waals surface area (Å²) >= 11 is 0. The van der Waals surface area contributed by atoms with Gasteiger partial charge in [0.05, 0.1) is 29.9 Å².